The van der Waals surface area contributed by atoms with Crippen molar-refractivity contribution >= 4 is 39.1 Å². The fourth-order valence-corrected chi connectivity index (χ4v) is 5.07. The molecule has 1 aliphatic heterocycles. The molecule has 1 N–H and O–H groups in total. The Kier molecular flexibility index (Phi) is 7.83. The van der Waals surface area contributed by atoms with Crippen molar-refractivity contribution in [2.45, 2.75) is 11.3 Å². The predicted octanol–water partition coefficient (Wildman–Crippen LogP) is 2.14. The number of ether oxygens (including phenoxy) is 1. The second kappa shape index (κ2) is 10.4. The summed E-state index contributed by atoms with van der Waals surface area (Å²) < 4.78 is 45.6. The molecule has 172 valence electrons. The van der Waals surface area contributed by atoms with E-state index < -0.39 is 21.7 Å². The molecule has 11 heteroatoms. The Bertz CT molecular complexity index is 1110. The molecule has 0 unspecified atom stereocenters. The smallest absolute Gasteiger partial charge is 0.244 e. The van der Waals surface area contributed by atoms with E-state index in [1.165, 1.54) is 52.7 Å². The molecular weight excluding hydrogens is 461 g/mol. The summed E-state index contributed by atoms with van der Waals surface area (Å²) >= 11 is 6.12. The van der Waals surface area contributed by atoms with Gasteiger partial charge >= 0.3 is 0 Å². The highest BCUT2D eigenvalue weighted by Gasteiger charge is 2.28. The average Bonchev–Trinajstić information content (AvgIpc) is 2.75. The van der Waals surface area contributed by atoms with Gasteiger partial charge in [-0.1, -0.05) is 23.7 Å². The van der Waals surface area contributed by atoms with E-state index >= 15 is 0 Å². The summed E-state index contributed by atoms with van der Waals surface area (Å²) in [6, 6.07) is 9.84. The summed E-state index contributed by atoms with van der Waals surface area (Å²) in [5.74, 6) is -1.32. The Morgan fingerprint density at radius 3 is 2.59 bits per heavy atom. The number of hydrogen-bond donors (Lipinski definition) is 1. The molecule has 3 rings (SSSR count). The van der Waals surface area contributed by atoms with E-state index in [-0.39, 0.29) is 47.6 Å². The van der Waals surface area contributed by atoms with Gasteiger partial charge in [0.2, 0.25) is 21.8 Å². The minimum atomic E-state index is -3.85. The molecule has 1 heterocycles. The number of halogens is 2. The number of likely N-dealkylation sites (N-methyl/N-ethyl adjacent to an activating group) is 1. The molecule has 1 fully saturated rings. The Hall–Kier alpha value is -2.53. The lowest BCUT2D eigenvalue weighted by atomic mass is 10.1. The maximum atomic E-state index is 13.3. The third kappa shape index (κ3) is 6.04. The van der Waals surface area contributed by atoms with Gasteiger partial charge in [-0.25, -0.2) is 12.8 Å². The van der Waals surface area contributed by atoms with Crippen LogP contribution in [-0.2, 0) is 30.8 Å². The summed E-state index contributed by atoms with van der Waals surface area (Å²) in [6.07, 6.45) is -0.0512. The zero-order chi connectivity index (χ0) is 23.3. The van der Waals surface area contributed by atoms with Gasteiger partial charge in [-0.3, -0.25) is 9.59 Å². The summed E-state index contributed by atoms with van der Waals surface area (Å²) in [5, 5.41) is 2.62. The minimum Gasteiger partial charge on any atom is -0.379 e. The number of carbonyl (C=O) groups excluding carboxylic acids is 2. The van der Waals surface area contributed by atoms with Crippen molar-refractivity contribution in [2.24, 2.45) is 0 Å². The topological polar surface area (TPSA) is 96.0 Å². The first-order valence-electron chi connectivity index (χ1n) is 9.82. The Labute approximate surface area is 191 Å². The SMILES string of the molecule is CN(CC(=O)Nc1ccc(Cl)c(S(=O)(=O)N2CCOCC2)c1)C(=O)Cc1cccc(F)c1. The molecule has 1 saturated heterocycles. The lowest BCUT2D eigenvalue weighted by Gasteiger charge is -2.26. The maximum absolute atomic E-state index is 13.3. The first-order chi connectivity index (χ1) is 15.2. The molecule has 8 nitrogen and oxygen atoms in total. The second-order valence-electron chi connectivity index (χ2n) is 7.27. The van der Waals surface area contributed by atoms with Crippen molar-refractivity contribution in [3.05, 3.63) is 58.9 Å². The monoisotopic (exact) mass is 483 g/mol. The van der Waals surface area contributed by atoms with Gasteiger partial charge in [0.05, 0.1) is 31.2 Å². The third-order valence-corrected chi connectivity index (χ3v) is 7.23. The maximum Gasteiger partial charge on any atom is 0.244 e. The number of morpholine rings is 1. The fourth-order valence-electron chi connectivity index (χ4n) is 3.17. The van der Waals surface area contributed by atoms with Gasteiger partial charge in [-0.15, -0.1) is 0 Å². The molecule has 2 aromatic carbocycles. The number of benzene rings is 2. The highest BCUT2D eigenvalue weighted by molar-refractivity contribution is 7.89. The molecule has 0 aromatic heterocycles. The molecule has 0 saturated carbocycles. The zero-order valence-electron chi connectivity index (χ0n) is 17.4. The number of rotatable bonds is 7. The van der Waals surface area contributed by atoms with E-state index in [0.717, 1.165) is 0 Å². The van der Waals surface area contributed by atoms with E-state index in [4.69, 9.17) is 16.3 Å². The normalized spacial score (nSPS) is 14.7. The van der Waals surface area contributed by atoms with Crippen LogP contribution in [0.5, 0.6) is 0 Å². The molecule has 0 bridgehead atoms. The van der Waals surface area contributed by atoms with Crippen LogP contribution in [-0.4, -0.2) is 69.3 Å². The highest BCUT2D eigenvalue weighted by atomic mass is 35.5. The van der Waals surface area contributed by atoms with Crippen molar-refractivity contribution in [3.63, 3.8) is 0 Å². The average molecular weight is 484 g/mol. The van der Waals surface area contributed by atoms with Crippen LogP contribution in [0.15, 0.2) is 47.4 Å². The van der Waals surface area contributed by atoms with Gasteiger partial charge in [0.1, 0.15) is 10.7 Å². The number of carbonyl (C=O) groups is 2. The largest absolute Gasteiger partial charge is 0.379 e. The quantitative estimate of drug-likeness (QED) is 0.651. The Morgan fingerprint density at radius 1 is 1.19 bits per heavy atom. The number of nitrogens with zero attached hydrogens (tertiary/aromatic N) is 2. The van der Waals surface area contributed by atoms with E-state index in [2.05, 4.69) is 5.32 Å². The molecule has 0 radical (unpaired) electrons. The van der Waals surface area contributed by atoms with E-state index in [1.807, 2.05) is 0 Å². The molecular formula is C21H23ClFN3O5S. The summed E-state index contributed by atoms with van der Waals surface area (Å²) in [7, 11) is -2.39. The fraction of sp³-hybridized carbons (Fsp3) is 0.333. The van der Waals surface area contributed by atoms with Gasteiger partial charge in [-0.2, -0.15) is 4.31 Å². The molecule has 0 atom stereocenters. The molecule has 2 aromatic rings. The van der Waals surface area contributed by atoms with Crippen molar-refractivity contribution in [3.8, 4) is 0 Å². The van der Waals surface area contributed by atoms with Crippen molar-refractivity contribution in [2.75, 3.05) is 45.2 Å². The summed E-state index contributed by atoms with van der Waals surface area (Å²) in [6.45, 7) is 0.760. The van der Waals surface area contributed by atoms with E-state index in [1.54, 1.807) is 6.07 Å². The van der Waals surface area contributed by atoms with Crippen LogP contribution >= 0.6 is 11.6 Å². The highest BCUT2D eigenvalue weighted by Crippen LogP contribution is 2.28. The van der Waals surface area contributed by atoms with Gasteiger partial charge in [-0.05, 0) is 35.9 Å². The van der Waals surface area contributed by atoms with Crippen molar-refractivity contribution in [1.82, 2.24) is 9.21 Å². The number of hydrogen-bond acceptors (Lipinski definition) is 5. The molecule has 32 heavy (non-hydrogen) atoms. The minimum absolute atomic E-state index is 0.0388. The lowest BCUT2D eigenvalue weighted by Crippen LogP contribution is -2.40. The van der Waals surface area contributed by atoms with Gasteiger partial charge in [0, 0.05) is 25.8 Å². The van der Waals surface area contributed by atoms with Gasteiger partial charge in [0.25, 0.3) is 0 Å². The standard InChI is InChI=1S/C21H23ClFN3O5S/c1-25(21(28)12-15-3-2-4-16(23)11-15)14-20(27)24-17-5-6-18(22)19(13-17)32(29,30)26-7-9-31-10-8-26/h2-6,11,13H,7-10,12,14H2,1H3,(H,24,27). The number of nitrogens with one attached hydrogen (secondary N) is 1. The van der Waals surface area contributed by atoms with Gasteiger partial charge < -0.3 is 15.0 Å². The zero-order valence-corrected chi connectivity index (χ0v) is 19.0. The first kappa shape index (κ1) is 24.1. The Morgan fingerprint density at radius 2 is 1.91 bits per heavy atom. The third-order valence-electron chi connectivity index (χ3n) is 4.85. The number of anilines is 1. The summed E-state index contributed by atoms with van der Waals surface area (Å²) in [4.78, 5) is 25.8. The van der Waals surface area contributed by atoms with Crippen molar-refractivity contribution < 1.29 is 27.1 Å². The van der Waals surface area contributed by atoms with Crippen LogP contribution in [0.3, 0.4) is 0 Å². The van der Waals surface area contributed by atoms with Crippen LogP contribution in [0, 0.1) is 5.82 Å². The second-order valence-corrected chi connectivity index (χ2v) is 9.58. The van der Waals surface area contributed by atoms with Crippen LogP contribution in [0.2, 0.25) is 5.02 Å². The molecule has 2 amide bonds. The number of sulfonamides is 1. The van der Waals surface area contributed by atoms with Crippen LogP contribution < -0.4 is 5.32 Å². The van der Waals surface area contributed by atoms with Gasteiger partial charge in [0.15, 0.2) is 0 Å². The van der Waals surface area contributed by atoms with E-state index in [0.29, 0.717) is 18.8 Å². The van der Waals surface area contributed by atoms with Crippen LogP contribution in [0.4, 0.5) is 10.1 Å². The van der Waals surface area contributed by atoms with Crippen LogP contribution in [0.25, 0.3) is 0 Å². The number of amides is 2. The first-order valence-corrected chi connectivity index (χ1v) is 11.6. The predicted molar refractivity (Wildman–Crippen MR) is 117 cm³/mol. The molecule has 1 aliphatic rings. The molecule has 0 spiro atoms. The van der Waals surface area contributed by atoms with Crippen molar-refractivity contribution in [1.29, 1.82) is 0 Å². The van der Waals surface area contributed by atoms with E-state index in [9.17, 15) is 22.4 Å². The van der Waals surface area contributed by atoms with Crippen LogP contribution in [0.1, 0.15) is 5.56 Å². The Balaban J connectivity index is 1.64. The summed E-state index contributed by atoms with van der Waals surface area (Å²) in [5.41, 5.74) is 0.732. The lowest BCUT2D eigenvalue weighted by molar-refractivity contribution is -0.132. The molecule has 0 aliphatic carbocycles.